The lowest BCUT2D eigenvalue weighted by atomic mass is 10.1. The molecule has 0 saturated heterocycles. The van der Waals surface area contributed by atoms with Gasteiger partial charge in [-0.2, -0.15) is 0 Å². The predicted molar refractivity (Wildman–Crippen MR) is 83.5 cm³/mol. The number of halogens is 2. The fourth-order valence-electron chi connectivity index (χ4n) is 2.94. The summed E-state index contributed by atoms with van der Waals surface area (Å²) in [6, 6.07) is 0. The van der Waals surface area contributed by atoms with Crippen LogP contribution in [-0.4, -0.2) is 45.7 Å². The maximum atomic E-state index is 11.7. The summed E-state index contributed by atoms with van der Waals surface area (Å²) in [7, 11) is 3.38. The van der Waals surface area contributed by atoms with E-state index in [-0.39, 0.29) is 16.8 Å². The maximum absolute atomic E-state index is 11.7. The average Bonchev–Trinajstić information content (AvgIpc) is 2.82. The summed E-state index contributed by atoms with van der Waals surface area (Å²) in [6.07, 6.45) is 0.671. The monoisotopic (exact) mass is 343 g/mol. The van der Waals surface area contributed by atoms with Gasteiger partial charge in [-0.25, -0.2) is 4.98 Å². The van der Waals surface area contributed by atoms with Crippen molar-refractivity contribution in [2.75, 3.05) is 20.3 Å². The number of aromatic nitrogens is 2. The van der Waals surface area contributed by atoms with E-state index in [0.29, 0.717) is 30.0 Å². The highest BCUT2D eigenvalue weighted by Crippen LogP contribution is 2.40. The first-order valence-corrected chi connectivity index (χ1v) is 7.52. The Morgan fingerprint density at radius 2 is 2.14 bits per heavy atom. The van der Waals surface area contributed by atoms with Gasteiger partial charge in [0.1, 0.15) is 11.6 Å². The maximum Gasteiger partial charge on any atom is 0.248 e. The molecule has 0 fully saturated rings. The highest BCUT2D eigenvalue weighted by Gasteiger charge is 2.28. The summed E-state index contributed by atoms with van der Waals surface area (Å²) in [5.41, 5.74) is 3.40. The van der Waals surface area contributed by atoms with E-state index in [0.717, 1.165) is 16.8 Å². The van der Waals surface area contributed by atoms with Crippen molar-refractivity contribution in [1.82, 2.24) is 14.5 Å². The Kier molecular flexibility index (Phi) is 3.92. The van der Waals surface area contributed by atoms with Crippen LogP contribution in [0.25, 0.3) is 11.0 Å². The van der Waals surface area contributed by atoms with E-state index in [4.69, 9.17) is 33.0 Å². The molecule has 0 aliphatic carbocycles. The van der Waals surface area contributed by atoms with E-state index in [1.54, 1.807) is 4.90 Å². The molecule has 0 radical (unpaired) electrons. The standard InChI is InChI=1S/C14H15Cl2N3O3/c1-18-8-3-4-19(9(21)6-20)5-7(8)12-13(18)10(15)11(16)14(17-12)22-2/h20H,3-6H2,1-2H3. The number of fused-ring (bicyclic) bond motifs is 3. The number of methoxy groups -OCH3 is 1. The third kappa shape index (κ3) is 2.14. The quantitative estimate of drug-likeness (QED) is 0.902. The lowest BCUT2D eigenvalue weighted by Gasteiger charge is -2.27. The Morgan fingerprint density at radius 3 is 2.77 bits per heavy atom. The second kappa shape index (κ2) is 5.61. The molecule has 1 amide bonds. The molecule has 0 spiro atoms. The number of ether oxygens (including phenoxy) is 1. The van der Waals surface area contributed by atoms with Crippen LogP contribution >= 0.6 is 23.2 Å². The number of aryl methyl sites for hydroxylation is 1. The van der Waals surface area contributed by atoms with Crippen molar-refractivity contribution >= 4 is 40.1 Å². The van der Waals surface area contributed by atoms with Crippen LogP contribution in [0.15, 0.2) is 0 Å². The van der Waals surface area contributed by atoms with Gasteiger partial charge in [0.05, 0.1) is 23.2 Å². The molecular weight excluding hydrogens is 329 g/mol. The second-order valence-electron chi connectivity index (χ2n) is 5.15. The highest BCUT2D eigenvalue weighted by molar-refractivity contribution is 6.45. The van der Waals surface area contributed by atoms with E-state index in [1.165, 1.54) is 7.11 Å². The van der Waals surface area contributed by atoms with E-state index >= 15 is 0 Å². The Labute approximate surface area is 137 Å². The smallest absolute Gasteiger partial charge is 0.248 e. The van der Waals surface area contributed by atoms with Crippen LogP contribution in [0.4, 0.5) is 0 Å². The number of carbonyl (C=O) groups excluding carboxylic acids is 1. The molecule has 2 aromatic rings. The molecule has 1 aliphatic heterocycles. The molecule has 0 unspecified atom stereocenters. The molecule has 8 heteroatoms. The number of aliphatic hydroxyl groups is 1. The summed E-state index contributed by atoms with van der Waals surface area (Å²) < 4.78 is 7.14. The van der Waals surface area contributed by atoms with E-state index in [2.05, 4.69) is 4.98 Å². The third-order valence-corrected chi connectivity index (χ3v) is 4.86. The molecule has 0 saturated carbocycles. The van der Waals surface area contributed by atoms with Crippen molar-refractivity contribution in [3.05, 3.63) is 21.3 Å². The number of pyridine rings is 1. The molecule has 0 atom stereocenters. The molecule has 0 bridgehead atoms. The zero-order valence-electron chi connectivity index (χ0n) is 12.2. The third-order valence-electron chi connectivity index (χ3n) is 4.05. The zero-order valence-corrected chi connectivity index (χ0v) is 13.7. The van der Waals surface area contributed by atoms with Crippen molar-refractivity contribution in [1.29, 1.82) is 0 Å². The van der Waals surface area contributed by atoms with Crippen molar-refractivity contribution < 1.29 is 14.6 Å². The number of rotatable bonds is 2. The van der Waals surface area contributed by atoms with Crippen molar-refractivity contribution in [3.8, 4) is 5.88 Å². The Bertz CT molecular complexity index is 773. The molecule has 0 aromatic carbocycles. The molecule has 1 aliphatic rings. The summed E-state index contributed by atoms with van der Waals surface area (Å²) in [6.45, 7) is 0.447. The summed E-state index contributed by atoms with van der Waals surface area (Å²) >= 11 is 12.5. The highest BCUT2D eigenvalue weighted by atomic mass is 35.5. The van der Waals surface area contributed by atoms with Gasteiger partial charge in [0.15, 0.2) is 0 Å². The molecule has 2 aromatic heterocycles. The number of aliphatic hydroxyl groups excluding tert-OH is 1. The molecular formula is C14H15Cl2N3O3. The number of amides is 1. The van der Waals surface area contributed by atoms with Gasteiger partial charge in [0.2, 0.25) is 11.8 Å². The number of nitrogens with zero attached hydrogens (tertiary/aromatic N) is 3. The van der Waals surface area contributed by atoms with Crippen LogP contribution in [0.5, 0.6) is 5.88 Å². The van der Waals surface area contributed by atoms with Gasteiger partial charge >= 0.3 is 0 Å². The predicted octanol–water partition coefficient (Wildman–Crippen LogP) is 1.77. The summed E-state index contributed by atoms with van der Waals surface area (Å²) in [5.74, 6) is -0.0344. The van der Waals surface area contributed by atoms with Crippen molar-refractivity contribution in [3.63, 3.8) is 0 Å². The average molecular weight is 344 g/mol. The minimum atomic E-state index is -0.497. The van der Waals surface area contributed by atoms with Gasteiger partial charge in [-0.05, 0) is 0 Å². The SMILES string of the molecule is COc1nc2c3c(n(C)c2c(Cl)c1Cl)CCN(C(=O)CO)C3. The first-order chi connectivity index (χ1) is 10.5. The second-order valence-corrected chi connectivity index (χ2v) is 5.91. The fraction of sp³-hybridized carbons (Fsp3) is 0.429. The van der Waals surface area contributed by atoms with Crippen LogP contribution in [0.3, 0.4) is 0 Å². The molecule has 3 rings (SSSR count). The van der Waals surface area contributed by atoms with Gasteiger partial charge in [0, 0.05) is 37.8 Å². The largest absolute Gasteiger partial charge is 0.480 e. The molecule has 3 heterocycles. The van der Waals surface area contributed by atoms with E-state index < -0.39 is 6.61 Å². The lowest BCUT2D eigenvalue weighted by Crippen LogP contribution is -2.37. The van der Waals surface area contributed by atoms with Crippen LogP contribution in [-0.2, 0) is 24.8 Å². The van der Waals surface area contributed by atoms with Crippen LogP contribution in [0.1, 0.15) is 11.3 Å². The van der Waals surface area contributed by atoms with E-state index in [1.807, 2.05) is 11.6 Å². The van der Waals surface area contributed by atoms with Gasteiger partial charge < -0.3 is 19.3 Å². The minimum absolute atomic E-state index is 0.262. The molecule has 22 heavy (non-hydrogen) atoms. The zero-order chi connectivity index (χ0) is 16.0. The lowest BCUT2D eigenvalue weighted by molar-refractivity contribution is -0.135. The first-order valence-electron chi connectivity index (χ1n) is 6.77. The molecule has 118 valence electrons. The molecule has 6 nitrogen and oxygen atoms in total. The number of hydrogen-bond donors (Lipinski definition) is 1. The fourth-order valence-corrected chi connectivity index (χ4v) is 3.45. The van der Waals surface area contributed by atoms with Crippen LogP contribution in [0.2, 0.25) is 10.0 Å². The number of carbonyl (C=O) groups is 1. The Balaban J connectivity index is 2.22. The van der Waals surface area contributed by atoms with Crippen molar-refractivity contribution in [2.24, 2.45) is 7.05 Å². The van der Waals surface area contributed by atoms with Crippen molar-refractivity contribution in [2.45, 2.75) is 13.0 Å². The van der Waals surface area contributed by atoms with Gasteiger partial charge in [-0.1, -0.05) is 23.2 Å². The van der Waals surface area contributed by atoms with Gasteiger partial charge in [-0.3, -0.25) is 4.79 Å². The Morgan fingerprint density at radius 1 is 1.41 bits per heavy atom. The molecule has 1 N–H and O–H groups in total. The van der Waals surface area contributed by atoms with Gasteiger partial charge in [-0.15, -0.1) is 0 Å². The normalized spacial score (nSPS) is 14.3. The Hall–Kier alpha value is -1.50. The van der Waals surface area contributed by atoms with Gasteiger partial charge in [0.25, 0.3) is 0 Å². The van der Waals surface area contributed by atoms with Crippen LogP contribution < -0.4 is 4.74 Å². The number of hydrogen-bond acceptors (Lipinski definition) is 4. The minimum Gasteiger partial charge on any atom is -0.480 e. The summed E-state index contributed by atoms with van der Waals surface area (Å²) in [4.78, 5) is 17.8. The summed E-state index contributed by atoms with van der Waals surface area (Å²) in [5, 5.41) is 9.71. The first kappa shape index (κ1) is 15.4. The topological polar surface area (TPSA) is 67.6 Å². The van der Waals surface area contributed by atoms with Crippen LogP contribution in [0, 0.1) is 0 Å². The van der Waals surface area contributed by atoms with E-state index in [9.17, 15) is 4.79 Å².